The molecule has 1 aromatic carbocycles. The average molecular weight is 322 g/mol. The van der Waals surface area contributed by atoms with Crippen LogP contribution in [0.4, 0.5) is 13.2 Å². The summed E-state index contributed by atoms with van der Waals surface area (Å²) in [5, 5.41) is 10.8. The molecular weight excluding hydrogens is 305 g/mol. The van der Waals surface area contributed by atoms with Crippen LogP contribution in [0, 0.1) is 0 Å². The molecule has 0 saturated carbocycles. The number of benzene rings is 1. The molecule has 1 atom stereocenters. The second-order valence-electron chi connectivity index (χ2n) is 6.06. The van der Waals surface area contributed by atoms with Crippen molar-refractivity contribution in [2.24, 2.45) is 0 Å². The van der Waals surface area contributed by atoms with Crippen LogP contribution in [0.25, 0.3) is 0 Å². The van der Waals surface area contributed by atoms with Crippen LogP contribution >= 0.6 is 0 Å². The van der Waals surface area contributed by atoms with Gasteiger partial charge in [0, 0.05) is 19.3 Å². The number of rotatable bonds is 3. The zero-order valence-electron chi connectivity index (χ0n) is 12.6. The Kier molecular flexibility index (Phi) is 3.90. The van der Waals surface area contributed by atoms with E-state index in [0.717, 1.165) is 12.1 Å². The summed E-state index contributed by atoms with van der Waals surface area (Å²) >= 11 is 0. The van der Waals surface area contributed by atoms with Crippen LogP contribution in [0.5, 0.6) is 0 Å². The number of pyridine rings is 1. The monoisotopic (exact) mass is 322 g/mol. The van der Waals surface area contributed by atoms with Crippen LogP contribution < -0.4 is 0 Å². The SMILES string of the molecule is CN1CC(c2ccc(C(F)(F)F)cc2)(C(O)c2ccccn2)C1. The van der Waals surface area contributed by atoms with Gasteiger partial charge in [-0.05, 0) is 36.9 Å². The smallest absolute Gasteiger partial charge is 0.386 e. The Morgan fingerprint density at radius 2 is 1.78 bits per heavy atom. The number of aliphatic hydroxyl groups excluding tert-OH is 1. The standard InChI is InChI=1S/C17H17F3N2O/c1-22-10-16(11-22,15(23)14-4-2-3-9-21-14)12-5-7-13(8-6-12)17(18,19)20/h2-9,15,23H,10-11H2,1H3. The van der Waals surface area contributed by atoms with Crippen molar-refractivity contribution in [1.82, 2.24) is 9.88 Å². The lowest BCUT2D eigenvalue weighted by molar-refractivity contribution is -0.137. The largest absolute Gasteiger partial charge is 0.416 e. The van der Waals surface area contributed by atoms with Crippen molar-refractivity contribution in [3.05, 3.63) is 65.5 Å². The first-order chi connectivity index (χ1) is 10.8. The molecule has 6 heteroatoms. The zero-order valence-corrected chi connectivity index (χ0v) is 12.6. The first-order valence-corrected chi connectivity index (χ1v) is 7.28. The molecular formula is C17H17F3N2O. The van der Waals surface area contributed by atoms with Crippen LogP contribution in [0.2, 0.25) is 0 Å². The van der Waals surface area contributed by atoms with Gasteiger partial charge < -0.3 is 10.0 Å². The topological polar surface area (TPSA) is 36.4 Å². The fourth-order valence-corrected chi connectivity index (χ4v) is 3.24. The summed E-state index contributed by atoms with van der Waals surface area (Å²) in [4.78, 5) is 6.20. The van der Waals surface area contributed by atoms with Gasteiger partial charge in [0.05, 0.1) is 16.7 Å². The second kappa shape index (κ2) is 5.62. The predicted molar refractivity (Wildman–Crippen MR) is 79.8 cm³/mol. The Hall–Kier alpha value is -1.92. The van der Waals surface area contributed by atoms with E-state index in [-0.39, 0.29) is 0 Å². The lowest BCUT2D eigenvalue weighted by Crippen LogP contribution is -2.60. The number of likely N-dealkylation sites (N-methyl/N-ethyl adjacent to an activating group) is 1. The maximum atomic E-state index is 12.7. The minimum Gasteiger partial charge on any atom is -0.386 e. The number of aliphatic hydroxyl groups is 1. The molecule has 0 radical (unpaired) electrons. The van der Waals surface area contributed by atoms with Gasteiger partial charge in [0.25, 0.3) is 0 Å². The highest BCUT2D eigenvalue weighted by atomic mass is 19.4. The third kappa shape index (κ3) is 2.84. The molecule has 1 N–H and O–H groups in total. The predicted octanol–water partition coefficient (Wildman–Crippen LogP) is 3.02. The van der Waals surface area contributed by atoms with Crippen molar-refractivity contribution in [2.75, 3.05) is 20.1 Å². The molecule has 0 aliphatic carbocycles. The number of hydrogen-bond acceptors (Lipinski definition) is 3. The Bertz CT molecular complexity index is 664. The van der Waals surface area contributed by atoms with E-state index in [1.807, 2.05) is 11.9 Å². The second-order valence-corrected chi connectivity index (χ2v) is 6.06. The van der Waals surface area contributed by atoms with E-state index in [0.29, 0.717) is 24.3 Å². The number of alkyl halides is 3. The summed E-state index contributed by atoms with van der Waals surface area (Å²) in [7, 11) is 1.91. The molecule has 122 valence electrons. The minimum atomic E-state index is -4.36. The van der Waals surface area contributed by atoms with Crippen molar-refractivity contribution in [3.63, 3.8) is 0 Å². The molecule has 1 aliphatic rings. The quantitative estimate of drug-likeness (QED) is 0.944. The van der Waals surface area contributed by atoms with E-state index in [4.69, 9.17) is 0 Å². The highest BCUT2D eigenvalue weighted by Gasteiger charge is 2.49. The fraction of sp³-hybridized carbons (Fsp3) is 0.353. The number of likely N-dealkylation sites (tertiary alicyclic amines) is 1. The Morgan fingerprint density at radius 3 is 2.26 bits per heavy atom. The fourth-order valence-electron chi connectivity index (χ4n) is 3.24. The van der Waals surface area contributed by atoms with Gasteiger partial charge in [-0.3, -0.25) is 4.98 Å². The van der Waals surface area contributed by atoms with Gasteiger partial charge in [-0.25, -0.2) is 0 Å². The van der Waals surface area contributed by atoms with Crippen molar-refractivity contribution in [1.29, 1.82) is 0 Å². The summed E-state index contributed by atoms with van der Waals surface area (Å²) in [6.07, 6.45) is -3.63. The Balaban J connectivity index is 1.95. The lowest BCUT2D eigenvalue weighted by atomic mass is 9.68. The summed E-state index contributed by atoms with van der Waals surface area (Å²) in [5.41, 5.74) is -0.0913. The van der Waals surface area contributed by atoms with E-state index in [1.165, 1.54) is 12.1 Å². The summed E-state index contributed by atoms with van der Waals surface area (Å²) in [5.74, 6) is 0. The summed E-state index contributed by atoms with van der Waals surface area (Å²) in [6, 6.07) is 10.3. The van der Waals surface area contributed by atoms with Crippen LogP contribution in [-0.2, 0) is 11.6 Å². The third-order valence-electron chi connectivity index (χ3n) is 4.38. The first kappa shape index (κ1) is 16.0. The van der Waals surface area contributed by atoms with Crippen LogP contribution in [-0.4, -0.2) is 35.1 Å². The zero-order chi connectivity index (χ0) is 16.7. The Morgan fingerprint density at radius 1 is 1.13 bits per heavy atom. The van der Waals surface area contributed by atoms with E-state index in [1.54, 1.807) is 24.4 Å². The highest BCUT2D eigenvalue weighted by molar-refractivity contribution is 5.37. The number of halogens is 3. The Labute approximate surface area is 132 Å². The molecule has 1 fully saturated rings. The molecule has 23 heavy (non-hydrogen) atoms. The van der Waals surface area contributed by atoms with Gasteiger partial charge in [0.15, 0.2) is 0 Å². The van der Waals surface area contributed by atoms with Crippen molar-refractivity contribution >= 4 is 0 Å². The normalized spacial score (nSPS) is 19.2. The number of aromatic nitrogens is 1. The number of hydrogen-bond donors (Lipinski definition) is 1. The highest BCUT2D eigenvalue weighted by Crippen LogP contribution is 2.44. The van der Waals surface area contributed by atoms with Crippen LogP contribution in [0.1, 0.15) is 22.9 Å². The third-order valence-corrected chi connectivity index (χ3v) is 4.38. The van der Waals surface area contributed by atoms with Gasteiger partial charge in [-0.15, -0.1) is 0 Å². The van der Waals surface area contributed by atoms with Crippen molar-refractivity contribution in [3.8, 4) is 0 Å². The van der Waals surface area contributed by atoms with Gasteiger partial charge in [0.2, 0.25) is 0 Å². The maximum Gasteiger partial charge on any atom is 0.416 e. The van der Waals surface area contributed by atoms with E-state index >= 15 is 0 Å². The number of nitrogens with zero attached hydrogens (tertiary/aromatic N) is 2. The maximum absolute atomic E-state index is 12.7. The molecule has 0 spiro atoms. The van der Waals surface area contributed by atoms with Crippen molar-refractivity contribution < 1.29 is 18.3 Å². The first-order valence-electron chi connectivity index (χ1n) is 7.28. The molecule has 3 nitrogen and oxygen atoms in total. The van der Waals surface area contributed by atoms with E-state index < -0.39 is 23.3 Å². The van der Waals surface area contributed by atoms with Gasteiger partial charge >= 0.3 is 6.18 Å². The molecule has 1 saturated heterocycles. The molecule has 2 aromatic rings. The van der Waals surface area contributed by atoms with E-state index in [2.05, 4.69) is 4.98 Å². The van der Waals surface area contributed by atoms with Gasteiger partial charge in [-0.1, -0.05) is 18.2 Å². The molecule has 0 amide bonds. The van der Waals surface area contributed by atoms with Crippen LogP contribution in [0.3, 0.4) is 0 Å². The molecule has 1 aliphatic heterocycles. The average Bonchev–Trinajstić information content (AvgIpc) is 2.51. The van der Waals surface area contributed by atoms with Gasteiger partial charge in [-0.2, -0.15) is 13.2 Å². The van der Waals surface area contributed by atoms with Crippen molar-refractivity contribution in [2.45, 2.75) is 17.7 Å². The summed E-state index contributed by atoms with van der Waals surface area (Å²) < 4.78 is 38.2. The molecule has 0 bridgehead atoms. The molecule has 1 unspecified atom stereocenters. The minimum absolute atomic E-state index is 0.528. The molecule has 3 rings (SSSR count). The summed E-state index contributed by atoms with van der Waals surface area (Å²) in [6.45, 7) is 1.13. The molecule has 1 aromatic heterocycles. The lowest BCUT2D eigenvalue weighted by Gasteiger charge is -2.51. The van der Waals surface area contributed by atoms with Crippen LogP contribution in [0.15, 0.2) is 48.7 Å². The molecule has 2 heterocycles. The van der Waals surface area contributed by atoms with Gasteiger partial charge in [0.1, 0.15) is 6.10 Å². The van der Waals surface area contributed by atoms with E-state index in [9.17, 15) is 18.3 Å².